The van der Waals surface area contributed by atoms with Gasteiger partial charge >= 0.3 is 5.97 Å². The van der Waals surface area contributed by atoms with Crippen molar-refractivity contribution >= 4 is 11.9 Å². The summed E-state index contributed by atoms with van der Waals surface area (Å²) in [6, 6.07) is 9.64. The van der Waals surface area contributed by atoms with Crippen LogP contribution in [0.1, 0.15) is 53.8 Å². The number of hydrogen-bond acceptors (Lipinski definition) is 3. The Morgan fingerprint density at radius 3 is 2.42 bits per heavy atom. The highest BCUT2D eigenvalue weighted by molar-refractivity contribution is 5.96. The van der Waals surface area contributed by atoms with E-state index in [9.17, 15) is 14.7 Å². The van der Waals surface area contributed by atoms with Crippen LogP contribution in [0.4, 0.5) is 0 Å². The molecule has 0 spiro atoms. The van der Waals surface area contributed by atoms with E-state index < -0.39 is 11.4 Å². The molecule has 1 fully saturated rings. The molecule has 1 heterocycles. The van der Waals surface area contributed by atoms with Gasteiger partial charge < -0.3 is 10.4 Å². The third-order valence-corrected chi connectivity index (χ3v) is 5.37. The molecule has 0 bridgehead atoms. The van der Waals surface area contributed by atoms with E-state index in [1.807, 2.05) is 37.3 Å². The maximum atomic E-state index is 12.8. The molecule has 2 aromatic rings. The lowest BCUT2D eigenvalue weighted by atomic mass is 9.74. The van der Waals surface area contributed by atoms with Crippen LogP contribution < -0.4 is 5.32 Å². The number of rotatable bonds is 5. The Balaban J connectivity index is 1.80. The molecule has 1 aliphatic rings. The largest absolute Gasteiger partial charge is 0.481 e. The first-order valence-electron chi connectivity index (χ1n) is 9.08. The Morgan fingerprint density at radius 1 is 1.15 bits per heavy atom. The van der Waals surface area contributed by atoms with E-state index in [0.29, 0.717) is 24.1 Å². The second kappa shape index (κ2) is 7.32. The number of benzene rings is 1. The minimum absolute atomic E-state index is 0.163. The molecule has 1 aliphatic carbocycles. The average molecular weight is 355 g/mol. The van der Waals surface area contributed by atoms with Crippen LogP contribution in [0.3, 0.4) is 0 Å². The zero-order valence-corrected chi connectivity index (χ0v) is 15.3. The Bertz CT molecular complexity index is 805. The summed E-state index contributed by atoms with van der Waals surface area (Å²) in [5, 5.41) is 17.0. The molecule has 138 valence electrons. The SMILES string of the molecule is Cc1nn(-c2ccccc2)c(C)c1C(=O)NCC1(C(=O)O)CCCCC1. The number of nitrogens with zero attached hydrogens (tertiary/aromatic N) is 2. The second-order valence-electron chi connectivity index (χ2n) is 7.12. The summed E-state index contributed by atoms with van der Waals surface area (Å²) in [6.07, 6.45) is 4.08. The summed E-state index contributed by atoms with van der Waals surface area (Å²) in [6.45, 7) is 3.82. The molecule has 0 unspecified atom stereocenters. The number of carbonyl (C=O) groups is 2. The van der Waals surface area contributed by atoms with E-state index in [1.54, 1.807) is 11.6 Å². The predicted molar refractivity (Wildman–Crippen MR) is 98.5 cm³/mol. The molecule has 1 aromatic heterocycles. The highest BCUT2D eigenvalue weighted by atomic mass is 16.4. The highest BCUT2D eigenvalue weighted by Crippen LogP contribution is 2.36. The van der Waals surface area contributed by atoms with Crippen molar-refractivity contribution < 1.29 is 14.7 Å². The minimum Gasteiger partial charge on any atom is -0.481 e. The fourth-order valence-corrected chi connectivity index (χ4v) is 3.82. The smallest absolute Gasteiger partial charge is 0.311 e. The van der Waals surface area contributed by atoms with Crippen molar-refractivity contribution in [3.05, 3.63) is 47.3 Å². The molecule has 0 saturated heterocycles. The molecule has 6 nitrogen and oxygen atoms in total. The third kappa shape index (κ3) is 3.36. The standard InChI is InChI=1S/C20H25N3O3/c1-14-17(15(2)23(22-14)16-9-5-3-6-10-16)18(24)21-13-20(19(25)26)11-7-4-8-12-20/h3,5-6,9-10H,4,7-8,11-13H2,1-2H3,(H,21,24)(H,25,26). The van der Waals surface area contributed by atoms with Gasteiger partial charge in [-0.1, -0.05) is 37.5 Å². The first-order chi connectivity index (χ1) is 12.4. The van der Waals surface area contributed by atoms with Gasteiger partial charge in [-0.2, -0.15) is 5.10 Å². The van der Waals surface area contributed by atoms with Crippen molar-refractivity contribution in [2.24, 2.45) is 5.41 Å². The van der Waals surface area contributed by atoms with Crippen LogP contribution in [-0.2, 0) is 4.79 Å². The Kier molecular flexibility index (Phi) is 5.11. The summed E-state index contributed by atoms with van der Waals surface area (Å²) in [4.78, 5) is 24.6. The molecule has 0 aliphatic heterocycles. The van der Waals surface area contributed by atoms with Gasteiger partial charge in [0.05, 0.1) is 28.1 Å². The normalized spacial score (nSPS) is 16.2. The summed E-state index contributed by atoms with van der Waals surface area (Å²) in [5.41, 5.74) is 1.95. The number of carboxylic acid groups (broad SMARTS) is 1. The lowest BCUT2D eigenvalue weighted by molar-refractivity contribution is -0.150. The molecule has 3 rings (SSSR count). The molecule has 26 heavy (non-hydrogen) atoms. The maximum Gasteiger partial charge on any atom is 0.311 e. The molecule has 2 N–H and O–H groups in total. The zero-order valence-electron chi connectivity index (χ0n) is 15.3. The maximum absolute atomic E-state index is 12.8. The number of carbonyl (C=O) groups excluding carboxylic acids is 1. The van der Waals surface area contributed by atoms with Gasteiger partial charge in [0.15, 0.2) is 0 Å². The van der Waals surface area contributed by atoms with Crippen molar-refractivity contribution in [3.8, 4) is 5.69 Å². The topological polar surface area (TPSA) is 84.2 Å². The van der Waals surface area contributed by atoms with E-state index in [2.05, 4.69) is 10.4 Å². The number of para-hydroxylation sites is 1. The number of amides is 1. The Hall–Kier alpha value is -2.63. The minimum atomic E-state index is -0.842. The first kappa shape index (κ1) is 18.2. The monoisotopic (exact) mass is 355 g/mol. The Labute approximate surface area is 153 Å². The van der Waals surface area contributed by atoms with Gasteiger partial charge in [0.25, 0.3) is 5.91 Å². The quantitative estimate of drug-likeness (QED) is 0.862. The van der Waals surface area contributed by atoms with Crippen LogP contribution in [0.5, 0.6) is 0 Å². The number of aromatic nitrogens is 2. The van der Waals surface area contributed by atoms with Gasteiger partial charge in [0, 0.05) is 6.54 Å². The molecule has 6 heteroatoms. The van der Waals surface area contributed by atoms with Crippen LogP contribution in [0.15, 0.2) is 30.3 Å². The predicted octanol–water partition coefficient (Wildman–Crippen LogP) is 3.25. The van der Waals surface area contributed by atoms with E-state index in [-0.39, 0.29) is 12.5 Å². The van der Waals surface area contributed by atoms with Gasteiger partial charge in [-0.25, -0.2) is 4.68 Å². The third-order valence-electron chi connectivity index (χ3n) is 5.37. The molecule has 0 atom stereocenters. The van der Waals surface area contributed by atoms with E-state index in [0.717, 1.165) is 30.6 Å². The van der Waals surface area contributed by atoms with E-state index in [1.165, 1.54) is 0 Å². The van der Waals surface area contributed by atoms with Crippen molar-refractivity contribution in [1.82, 2.24) is 15.1 Å². The van der Waals surface area contributed by atoms with Gasteiger partial charge in [0.1, 0.15) is 0 Å². The summed E-state index contributed by atoms with van der Waals surface area (Å²) in [5.74, 6) is -1.07. The average Bonchev–Trinajstić information content (AvgIpc) is 2.95. The number of hydrogen-bond donors (Lipinski definition) is 2. The number of aliphatic carboxylic acids is 1. The van der Waals surface area contributed by atoms with E-state index >= 15 is 0 Å². The van der Waals surface area contributed by atoms with Gasteiger partial charge in [-0.3, -0.25) is 9.59 Å². The summed E-state index contributed by atoms with van der Waals surface area (Å²) >= 11 is 0. The second-order valence-corrected chi connectivity index (χ2v) is 7.12. The van der Waals surface area contributed by atoms with Crippen LogP contribution in [0.2, 0.25) is 0 Å². The Morgan fingerprint density at radius 2 is 1.81 bits per heavy atom. The highest BCUT2D eigenvalue weighted by Gasteiger charge is 2.40. The summed E-state index contributed by atoms with van der Waals surface area (Å²) in [7, 11) is 0. The zero-order chi connectivity index (χ0) is 18.7. The molecule has 1 amide bonds. The molecule has 0 radical (unpaired) electrons. The number of carboxylic acids is 1. The van der Waals surface area contributed by atoms with Gasteiger partial charge in [-0.05, 0) is 38.8 Å². The van der Waals surface area contributed by atoms with Crippen molar-refractivity contribution in [1.29, 1.82) is 0 Å². The van der Waals surface area contributed by atoms with Crippen LogP contribution in [0.25, 0.3) is 5.69 Å². The number of nitrogens with one attached hydrogen (secondary N) is 1. The summed E-state index contributed by atoms with van der Waals surface area (Å²) < 4.78 is 1.75. The van der Waals surface area contributed by atoms with Crippen molar-refractivity contribution in [2.75, 3.05) is 6.54 Å². The lowest BCUT2D eigenvalue weighted by Crippen LogP contribution is -2.44. The van der Waals surface area contributed by atoms with E-state index in [4.69, 9.17) is 0 Å². The van der Waals surface area contributed by atoms with Crippen molar-refractivity contribution in [2.45, 2.75) is 46.0 Å². The van der Waals surface area contributed by atoms with Gasteiger partial charge in [0.2, 0.25) is 0 Å². The fraction of sp³-hybridized carbons (Fsp3) is 0.450. The van der Waals surface area contributed by atoms with Crippen LogP contribution in [0, 0.1) is 19.3 Å². The molecule has 1 saturated carbocycles. The first-order valence-corrected chi connectivity index (χ1v) is 9.08. The fourth-order valence-electron chi connectivity index (χ4n) is 3.82. The molecular weight excluding hydrogens is 330 g/mol. The molecular formula is C20H25N3O3. The van der Waals surface area contributed by atoms with Crippen molar-refractivity contribution in [3.63, 3.8) is 0 Å². The molecule has 1 aromatic carbocycles. The lowest BCUT2D eigenvalue weighted by Gasteiger charge is -2.33. The van der Waals surface area contributed by atoms with Gasteiger partial charge in [-0.15, -0.1) is 0 Å². The van der Waals surface area contributed by atoms with Crippen LogP contribution in [-0.4, -0.2) is 33.3 Å². The van der Waals surface area contributed by atoms with Crippen LogP contribution >= 0.6 is 0 Å². The number of aryl methyl sites for hydroxylation is 1.